The number of carbonyl (C=O) groups excluding carboxylic acids is 1. The summed E-state index contributed by atoms with van der Waals surface area (Å²) in [4.78, 5) is 14.3. The van der Waals surface area contributed by atoms with Gasteiger partial charge in [0.2, 0.25) is 11.0 Å². The van der Waals surface area contributed by atoms with Gasteiger partial charge in [-0.3, -0.25) is 15.0 Å². The summed E-state index contributed by atoms with van der Waals surface area (Å²) in [5.74, 6) is 2.37. The maximum atomic E-state index is 12.1. The van der Waals surface area contributed by atoms with Crippen LogP contribution in [-0.4, -0.2) is 58.8 Å². The van der Waals surface area contributed by atoms with E-state index in [0.717, 1.165) is 37.3 Å². The predicted octanol–water partition coefficient (Wildman–Crippen LogP) is 2.16. The fourth-order valence-corrected chi connectivity index (χ4v) is 4.75. The van der Waals surface area contributed by atoms with Crippen molar-refractivity contribution in [2.24, 2.45) is 0 Å². The number of rotatable bonds is 5. The van der Waals surface area contributed by atoms with Gasteiger partial charge in [0.25, 0.3) is 0 Å². The van der Waals surface area contributed by atoms with Crippen molar-refractivity contribution in [1.29, 1.82) is 0 Å². The molecule has 2 fully saturated rings. The molecule has 0 saturated carbocycles. The molecule has 0 unspecified atom stereocenters. The van der Waals surface area contributed by atoms with Gasteiger partial charge >= 0.3 is 0 Å². The van der Waals surface area contributed by atoms with Crippen LogP contribution in [0.3, 0.4) is 0 Å². The second kappa shape index (κ2) is 7.72. The Balaban J connectivity index is 1.48. The molecule has 122 valence electrons. The van der Waals surface area contributed by atoms with Crippen LogP contribution in [0, 0.1) is 0 Å². The lowest BCUT2D eigenvalue weighted by molar-refractivity contribution is -0.117. The summed E-state index contributed by atoms with van der Waals surface area (Å²) in [6, 6.07) is 0.517. The van der Waals surface area contributed by atoms with Crippen molar-refractivity contribution in [3.05, 3.63) is 5.01 Å². The van der Waals surface area contributed by atoms with Crippen LogP contribution in [0.2, 0.25) is 0 Å². The minimum atomic E-state index is -0.0178. The van der Waals surface area contributed by atoms with E-state index in [1.807, 2.05) is 18.8 Å². The van der Waals surface area contributed by atoms with Gasteiger partial charge in [-0.2, -0.15) is 11.8 Å². The zero-order valence-electron chi connectivity index (χ0n) is 12.8. The molecule has 1 amide bonds. The van der Waals surface area contributed by atoms with Crippen LogP contribution in [0.5, 0.6) is 0 Å². The maximum absolute atomic E-state index is 12.1. The molecule has 0 spiro atoms. The number of aromatic nitrogens is 2. The molecule has 2 aliphatic rings. The predicted molar refractivity (Wildman–Crippen MR) is 89.4 cm³/mol. The number of ether oxygens (including phenoxy) is 1. The van der Waals surface area contributed by atoms with Gasteiger partial charge in [0.05, 0.1) is 6.54 Å². The summed E-state index contributed by atoms with van der Waals surface area (Å²) in [7, 11) is 2.03. The van der Waals surface area contributed by atoms with E-state index in [2.05, 4.69) is 20.4 Å². The van der Waals surface area contributed by atoms with Crippen LogP contribution < -0.4 is 5.32 Å². The molecule has 22 heavy (non-hydrogen) atoms. The van der Waals surface area contributed by atoms with E-state index >= 15 is 0 Å². The Morgan fingerprint density at radius 2 is 2.18 bits per heavy atom. The van der Waals surface area contributed by atoms with Gasteiger partial charge in [-0.25, -0.2) is 0 Å². The topological polar surface area (TPSA) is 67.4 Å². The van der Waals surface area contributed by atoms with Crippen LogP contribution in [0.15, 0.2) is 0 Å². The third kappa shape index (κ3) is 4.18. The number of anilines is 1. The van der Waals surface area contributed by atoms with Crippen LogP contribution in [-0.2, 0) is 9.53 Å². The molecular weight excluding hydrogens is 320 g/mol. The molecule has 0 aromatic carbocycles. The van der Waals surface area contributed by atoms with Gasteiger partial charge in [-0.1, -0.05) is 11.3 Å². The van der Waals surface area contributed by atoms with Gasteiger partial charge in [0.15, 0.2) is 0 Å². The first-order chi connectivity index (χ1) is 10.7. The highest BCUT2D eigenvalue weighted by atomic mass is 32.2. The molecule has 1 aromatic heterocycles. The molecule has 3 rings (SSSR count). The van der Waals surface area contributed by atoms with E-state index < -0.39 is 0 Å². The van der Waals surface area contributed by atoms with Crippen molar-refractivity contribution in [1.82, 2.24) is 15.1 Å². The summed E-state index contributed by atoms with van der Waals surface area (Å²) < 4.78 is 5.59. The standard InChI is InChI=1S/C14H22N4O2S2/c1-18(10-4-7-21-8-5-10)9-12(19)15-14-17-16-13(22-14)11-3-2-6-20-11/h10-11H,2-9H2,1H3,(H,15,17,19)/t11-/m1/s1. The number of likely N-dealkylation sites (N-methyl/N-ethyl adjacent to an activating group) is 1. The highest BCUT2D eigenvalue weighted by molar-refractivity contribution is 7.99. The van der Waals surface area contributed by atoms with Gasteiger partial charge in [0.1, 0.15) is 11.1 Å². The first kappa shape index (κ1) is 16.2. The van der Waals surface area contributed by atoms with E-state index in [9.17, 15) is 4.79 Å². The largest absolute Gasteiger partial charge is 0.371 e. The first-order valence-electron chi connectivity index (χ1n) is 7.75. The van der Waals surface area contributed by atoms with Crippen molar-refractivity contribution in [2.75, 3.05) is 37.0 Å². The SMILES string of the molecule is CN(CC(=O)Nc1nnc([C@H]2CCCO2)s1)C1CCSCC1. The van der Waals surface area contributed by atoms with Gasteiger partial charge in [-0.15, -0.1) is 10.2 Å². The average Bonchev–Trinajstić information content (AvgIpc) is 3.19. The Hall–Kier alpha value is -0.700. The summed E-state index contributed by atoms with van der Waals surface area (Å²) in [5.41, 5.74) is 0. The molecule has 1 atom stereocenters. The third-order valence-electron chi connectivity index (χ3n) is 4.10. The zero-order valence-corrected chi connectivity index (χ0v) is 14.4. The van der Waals surface area contributed by atoms with Crippen LogP contribution >= 0.6 is 23.1 Å². The smallest absolute Gasteiger partial charge is 0.240 e. The molecule has 6 nitrogen and oxygen atoms in total. The molecule has 1 N–H and O–H groups in total. The van der Waals surface area contributed by atoms with Crippen LogP contribution in [0.1, 0.15) is 36.8 Å². The van der Waals surface area contributed by atoms with E-state index in [0.29, 0.717) is 17.7 Å². The van der Waals surface area contributed by atoms with Gasteiger partial charge in [-0.05, 0) is 44.2 Å². The molecule has 0 radical (unpaired) electrons. The first-order valence-corrected chi connectivity index (χ1v) is 9.72. The highest BCUT2D eigenvalue weighted by Crippen LogP contribution is 2.31. The molecule has 2 aliphatic heterocycles. The lowest BCUT2D eigenvalue weighted by Crippen LogP contribution is -2.39. The van der Waals surface area contributed by atoms with Crippen molar-refractivity contribution in [3.63, 3.8) is 0 Å². The lowest BCUT2D eigenvalue weighted by Gasteiger charge is -2.30. The van der Waals surface area contributed by atoms with Crippen molar-refractivity contribution in [2.45, 2.75) is 37.8 Å². The van der Waals surface area contributed by atoms with Crippen LogP contribution in [0.25, 0.3) is 0 Å². The Morgan fingerprint density at radius 3 is 2.91 bits per heavy atom. The monoisotopic (exact) mass is 342 g/mol. The maximum Gasteiger partial charge on any atom is 0.240 e. The second-order valence-electron chi connectivity index (χ2n) is 5.75. The normalized spacial score (nSPS) is 23.1. The summed E-state index contributed by atoms with van der Waals surface area (Å²) in [6.07, 6.45) is 4.44. The van der Waals surface area contributed by atoms with Crippen molar-refractivity contribution >= 4 is 34.1 Å². The molecular formula is C14H22N4O2S2. The van der Waals surface area contributed by atoms with Gasteiger partial charge in [0, 0.05) is 12.6 Å². The number of thioether (sulfide) groups is 1. The minimum Gasteiger partial charge on any atom is -0.371 e. The Bertz CT molecular complexity index is 499. The number of nitrogens with zero attached hydrogens (tertiary/aromatic N) is 3. The average molecular weight is 342 g/mol. The molecule has 0 bridgehead atoms. The minimum absolute atomic E-state index is 0.0178. The molecule has 0 aliphatic carbocycles. The zero-order chi connectivity index (χ0) is 15.4. The van der Waals surface area contributed by atoms with E-state index in [1.54, 1.807) is 0 Å². The van der Waals surface area contributed by atoms with E-state index in [1.165, 1.54) is 22.8 Å². The quantitative estimate of drug-likeness (QED) is 0.884. The fraction of sp³-hybridized carbons (Fsp3) is 0.786. The number of hydrogen-bond donors (Lipinski definition) is 1. The molecule has 2 saturated heterocycles. The molecule has 1 aromatic rings. The summed E-state index contributed by atoms with van der Waals surface area (Å²) >= 11 is 3.42. The number of amides is 1. The molecule has 8 heteroatoms. The number of hydrogen-bond acceptors (Lipinski definition) is 7. The summed E-state index contributed by atoms with van der Waals surface area (Å²) in [5, 5.41) is 12.5. The number of nitrogens with one attached hydrogen (secondary N) is 1. The third-order valence-corrected chi connectivity index (χ3v) is 6.08. The second-order valence-corrected chi connectivity index (χ2v) is 7.99. The summed E-state index contributed by atoms with van der Waals surface area (Å²) in [6.45, 7) is 1.20. The Morgan fingerprint density at radius 1 is 1.36 bits per heavy atom. The Labute approximate surface area is 139 Å². The Kier molecular flexibility index (Phi) is 5.67. The lowest BCUT2D eigenvalue weighted by atomic mass is 10.1. The highest BCUT2D eigenvalue weighted by Gasteiger charge is 2.23. The van der Waals surface area contributed by atoms with Crippen LogP contribution in [0.4, 0.5) is 5.13 Å². The fourth-order valence-electron chi connectivity index (χ4n) is 2.83. The van der Waals surface area contributed by atoms with E-state index in [-0.39, 0.29) is 12.0 Å². The van der Waals surface area contributed by atoms with Crippen molar-refractivity contribution in [3.8, 4) is 0 Å². The van der Waals surface area contributed by atoms with E-state index in [4.69, 9.17) is 4.74 Å². The van der Waals surface area contributed by atoms with Gasteiger partial charge < -0.3 is 4.74 Å². The molecule has 3 heterocycles. The van der Waals surface area contributed by atoms with Crippen molar-refractivity contribution < 1.29 is 9.53 Å². The number of carbonyl (C=O) groups is 1.